The lowest BCUT2D eigenvalue weighted by Crippen LogP contribution is -2.38. The molecular weight excluding hydrogens is 252 g/mol. The summed E-state index contributed by atoms with van der Waals surface area (Å²) in [6, 6.07) is 8.42. The van der Waals surface area contributed by atoms with Gasteiger partial charge >= 0.3 is 0 Å². The highest BCUT2D eigenvalue weighted by molar-refractivity contribution is 5.48. The molecule has 2 saturated heterocycles. The molecule has 0 spiro atoms. The Hall–Kier alpha value is -1.10. The fourth-order valence-corrected chi connectivity index (χ4v) is 3.02. The molecule has 2 aliphatic heterocycles. The topological polar surface area (TPSA) is 35.9 Å². The van der Waals surface area contributed by atoms with Gasteiger partial charge in [-0.05, 0) is 30.5 Å². The summed E-state index contributed by atoms with van der Waals surface area (Å²) in [5, 5.41) is 10.3. The van der Waals surface area contributed by atoms with E-state index in [0.29, 0.717) is 6.54 Å². The Morgan fingerprint density at radius 2 is 1.65 bits per heavy atom. The Kier molecular flexibility index (Phi) is 4.55. The second-order valence-electron chi connectivity index (χ2n) is 5.71. The fourth-order valence-electron chi connectivity index (χ4n) is 3.02. The second kappa shape index (κ2) is 6.57. The van der Waals surface area contributed by atoms with E-state index in [-0.39, 0.29) is 0 Å². The number of anilines is 1. The number of aliphatic hydroxyl groups excluding tert-OH is 1. The van der Waals surface area contributed by atoms with Gasteiger partial charge in [-0.1, -0.05) is 12.1 Å². The van der Waals surface area contributed by atoms with Crippen LogP contribution in [0.2, 0.25) is 0 Å². The van der Waals surface area contributed by atoms with Crippen LogP contribution in [0.15, 0.2) is 24.3 Å². The van der Waals surface area contributed by atoms with E-state index < -0.39 is 6.10 Å². The number of aliphatic hydroxyl groups is 1. The summed E-state index contributed by atoms with van der Waals surface area (Å²) < 4.78 is 5.33. The van der Waals surface area contributed by atoms with E-state index in [4.69, 9.17) is 4.74 Å². The molecule has 2 aliphatic rings. The lowest BCUT2D eigenvalue weighted by molar-refractivity contribution is 0.0143. The SMILES string of the molecule is OC(CN1CCOCC1)c1ccc(N2CCCC2)cc1. The highest BCUT2D eigenvalue weighted by atomic mass is 16.5. The number of rotatable bonds is 4. The van der Waals surface area contributed by atoms with Gasteiger partial charge in [0.05, 0.1) is 19.3 Å². The first kappa shape index (κ1) is 13.9. The van der Waals surface area contributed by atoms with Crippen molar-refractivity contribution in [2.24, 2.45) is 0 Å². The van der Waals surface area contributed by atoms with Crippen LogP contribution < -0.4 is 4.90 Å². The van der Waals surface area contributed by atoms with Gasteiger partial charge in [-0.3, -0.25) is 4.90 Å². The largest absolute Gasteiger partial charge is 0.387 e. The summed E-state index contributed by atoms with van der Waals surface area (Å²) in [5.41, 5.74) is 2.30. The smallest absolute Gasteiger partial charge is 0.0916 e. The van der Waals surface area contributed by atoms with Gasteiger partial charge in [0.15, 0.2) is 0 Å². The van der Waals surface area contributed by atoms with Crippen LogP contribution in [-0.4, -0.2) is 55.9 Å². The molecule has 0 amide bonds. The van der Waals surface area contributed by atoms with Crippen molar-refractivity contribution in [1.29, 1.82) is 0 Å². The summed E-state index contributed by atoms with van der Waals surface area (Å²) in [6.07, 6.45) is 2.18. The van der Waals surface area contributed by atoms with E-state index >= 15 is 0 Å². The Balaban J connectivity index is 1.58. The van der Waals surface area contributed by atoms with Crippen molar-refractivity contribution >= 4 is 5.69 Å². The maximum Gasteiger partial charge on any atom is 0.0916 e. The van der Waals surface area contributed by atoms with Crippen LogP contribution in [0.1, 0.15) is 24.5 Å². The van der Waals surface area contributed by atoms with Gasteiger partial charge in [0.2, 0.25) is 0 Å². The van der Waals surface area contributed by atoms with Crippen LogP contribution in [-0.2, 0) is 4.74 Å². The van der Waals surface area contributed by atoms with Crippen molar-refractivity contribution in [2.45, 2.75) is 18.9 Å². The Bertz CT molecular complexity index is 409. The van der Waals surface area contributed by atoms with Crippen LogP contribution >= 0.6 is 0 Å². The normalized spacial score (nSPS) is 22.1. The van der Waals surface area contributed by atoms with E-state index in [1.165, 1.54) is 18.5 Å². The molecule has 3 rings (SSSR count). The van der Waals surface area contributed by atoms with E-state index in [2.05, 4.69) is 34.1 Å². The maximum absolute atomic E-state index is 10.3. The summed E-state index contributed by atoms with van der Waals surface area (Å²) in [7, 11) is 0. The van der Waals surface area contributed by atoms with E-state index in [1.807, 2.05) is 0 Å². The average Bonchev–Trinajstić information content (AvgIpc) is 3.03. The minimum Gasteiger partial charge on any atom is -0.387 e. The second-order valence-corrected chi connectivity index (χ2v) is 5.71. The zero-order valence-electron chi connectivity index (χ0n) is 12.0. The Morgan fingerprint density at radius 1 is 1.00 bits per heavy atom. The first-order chi connectivity index (χ1) is 9.83. The van der Waals surface area contributed by atoms with Crippen LogP contribution in [0.25, 0.3) is 0 Å². The molecular formula is C16H24N2O2. The molecule has 0 saturated carbocycles. The van der Waals surface area contributed by atoms with Crippen LogP contribution in [0.4, 0.5) is 5.69 Å². The molecule has 0 aliphatic carbocycles. The van der Waals surface area contributed by atoms with Crippen molar-refractivity contribution < 1.29 is 9.84 Å². The third-order valence-electron chi connectivity index (χ3n) is 4.28. The molecule has 0 aromatic heterocycles. The molecule has 1 atom stereocenters. The van der Waals surface area contributed by atoms with Gasteiger partial charge in [0, 0.05) is 38.4 Å². The number of morpholine rings is 1. The molecule has 1 aromatic rings. The number of ether oxygens (including phenoxy) is 1. The summed E-state index contributed by atoms with van der Waals surface area (Å²) >= 11 is 0. The minimum absolute atomic E-state index is 0.402. The molecule has 110 valence electrons. The molecule has 4 heteroatoms. The molecule has 1 aromatic carbocycles. The Labute approximate surface area is 120 Å². The third kappa shape index (κ3) is 3.32. The number of hydrogen-bond acceptors (Lipinski definition) is 4. The van der Waals surface area contributed by atoms with Crippen molar-refractivity contribution in [2.75, 3.05) is 50.8 Å². The lowest BCUT2D eigenvalue weighted by atomic mass is 10.1. The molecule has 0 radical (unpaired) electrons. The molecule has 1 unspecified atom stereocenters. The van der Waals surface area contributed by atoms with Gasteiger partial charge in [0.1, 0.15) is 0 Å². The summed E-state index contributed by atoms with van der Waals surface area (Å²) in [5.74, 6) is 0. The number of nitrogens with zero attached hydrogens (tertiary/aromatic N) is 2. The molecule has 2 heterocycles. The molecule has 0 bridgehead atoms. The quantitative estimate of drug-likeness (QED) is 0.907. The molecule has 2 fully saturated rings. The van der Waals surface area contributed by atoms with Crippen molar-refractivity contribution in [3.63, 3.8) is 0 Å². The predicted octanol–water partition coefficient (Wildman–Crippen LogP) is 1.65. The van der Waals surface area contributed by atoms with Crippen molar-refractivity contribution in [1.82, 2.24) is 4.90 Å². The third-order valence-corrected chi connectivity index (χ3v) is 4.28. The minimum atomic E-state index is -0.402. The van der Waals surface area contributed by atoms with E-state index in [9.17, 15) is 5.11 Å². The average molecular weight is 276 g/mol. The highest BCUT2D eigenvalue weighted by Gasteiger charge is 2.17. The van der Waals surface area contributed by atoms with Crippen molar-refractivity contribution in [3.05, 3.63) is 29.8 Å². The molecule has 1 N–H and O–H groups in total. The molecule has 4 nitrogen and oxygen atoms in total. The monoisotopic (exact) mass is 276 g/mol. The highest BCUT2D eigenvalue weighted by Crippen LogP contribution is 2.23. The number of benzene rings is 1. The summed E-state index contributed by atoms with van der Waals surface area (Å²) in [6.45, 7) is 6.42. The molecule has 20 heavy (non-hydrogen) atoms. The fraction of sp³-hybridized carbons (Fsp3) is 0.625. The maximum atomic E-state index is 10.3. The standard InChI is InChI=1S/C16H24N2O2/c19-16(13-17-9-11-20-12-10-17)14-3-5-15(6-4-14)18-7-1-2-8-18/h3-6,16,19H,1-2,7-13H2. The number of hydrogen-bond donors (Lipinski definition) is 1. The van der Waals surface area contributed by atoms with Crippen molar-refractivity contribution in [3.8, 4) is 0 Å². The van der Waals surface area contributed by atoms with Crippen LogP contribution in [0.5, 0.6) is 0 Å². The van der Waals surface area contributed by atoms with E-state index in [1.54, 1.807) is 0 Å². The van der Waals surface area contributed by atoms with Gasteiger partial charge < -0.3 is 14.7 Å². The van der Waals surface area contributed by atoms with Gasteiger partial charge in [-0.2, -0.15) is 0 Å². The Morgan fingerprint density at radius 3 is 2.30 bits per heavy atom. The summed E-state index contributed by atoms with van der Waals surface area (Å²) in [4.78, 5) is 4.68. The van der Waals surface area contributed by atoms with Crippen LogP contribution in [0, 0.1) is 0 Å². The zero-order chi connectivity index (χ0) is 13.8. The first-order valence-corrected chi connectivity index (χ1v) is 7.66. The number of β-amino-alcohol motifs (C(OH)–C–C–N with tert-alkyl or cyclic N) is 1. The predicted molar refractivity (Wildman–Crippen MR) is 80.1 cm³/mol. The zero-order valence-corrected chi connectivity index (χ0v) is 12.0. The first-order valence-electron chi connectivity index (χ1n) is 7.66. The van der Waals surface area contributed by atoms with Gasteiger partial charge in [0.25, 0.3) is 0 Å². The van der Waals surface area contributed by atoms with Crippen LogP contribution in [0.3, 0.4) is 0 Å². The van der Waals surface area contributed by atoms with E-state index in [0.717, 1.165) is 45.0 Å². The van der Waals surface area contributed by atoms with Gasteiger partial charge in [-0.25, -0.2) is 0 Å². The van der Waals surface area contributed by atoms with Gasteiger partial charge in [-0.15, -0.1) is 0 Å². The lowest BCUT2D eigenvalue weighted by Gasteiger charge is -2.28.